The molecule has 0 aromatic rings. The van der Waals surface area contributed by atoms with Gasteiger partial charge in [0.2, 0.25) is 0 Å². The summed E-state index contributed by atoms with van der Waals surface area (Å²) in [5, 5.41) is 0. The molecule has 7 radical (unpaired) electrons. The molecule has 0 aliphatic heterocycles. The Labute approximate surface area is 96.5 Å². The van der Waals surface area contributed by atoms with E-state index >= 15 is 0 Å². The summed E-state index contributed by atoms with van der Waals surface area (Å²) in [5.74, 6) is 0. The molecule has 0 bridgehead atoms. The third kappa shape index (κ3) is 19.2. The minimum atomic E-state index is 0. The second kappa shape index (κ2) is 27.4. The fraction of sp³-hybridized carbons (Fsp3) is 0. The summed E-state index contributed by atoms with van der Waals surface area (Å²) < 4.78 is 0. The Morgan fingerprint density at radius 2 is 0.400 bits per heavy atom. The van der Waals surface area contributed by atoms with E-state index in [9.17, 15) is 0 Å². The molecule has 0 atom stereocenters. The van der Waals surface area contributed by atoms with E-state index in [0.29, 0.717) is 0 Å². The van der Waals surface area contributed by atoms with Crippen LogP contribution < -0.4 is 0 Å². The molecule has 0 fully saturated rings. The quantitative estimate of drug-likeness (QED) is 0.406. The van der Waals surface area contributed by atoms with Gasteiger partial charge >= 0.3 is 47.8 Å². The molecule has 0 heterocycles. The van der Waals surface area contributed by atoms with Crippen molar-refractivity contribution >= 4 is 47.8 Å². The second-order valence-corrected chi connectivity index (χ2v) is 0. The van der Waals surface area contributed by atoms with Gasteiger partial charge in [0.1, 0.15) is 0 Å². The Balaban J connectivity index is 0. The Bertz CT molecular complexity index is 4.85. The Kier molecular flexibility index (Phi) is 232. The van der Waals surface area contributed by atoms with Gasteiger partial charge in [-0.25, -0.2) is 0 Å². The zero-order chi connectivity index (χ0) is 0. The maximum atomic E-state index is 0. The van der Waals surface area contributed by atoms with Gasteiger partial charge in [0.15, 0.2) is 0 Å². The molecular formula is H4Co3Sn2. The molecule has 39 valence electrons. The first-order chi connectivity index (χ1) is 0. The van der Waals surface area contributed by atoms with Crippen LogP contribution in [0.5, 0.6) is 0 Å². The summed E-state index contributed by atoms with van der Waals surface area (Å²) >= 11 is 0. The number of rotatable bonds is 0. The first kappa shape index (κ1) is 42.3. The van der Waals surface area contributed by atoms with E-state index in [4.69, 9.17) is 0 Å². The van der Waals surface area contributed by atoms with Gasteiger partial charge < -0.3 is 0 Å². The second-order valence-electron chi connectivity index (χ2n) is 0. The Morgan fingerprint density at radius 1 is 0.400 bits per heavy atom. The van der Waals surface area contributed by atoms with Gasteiger partial charge in [0, 0.05) is 50.3 Å². The van der Waals surface area contributed by atoms with Crippen LogP contribution >= 0.6 is 0 Å². The van der Waals surface area contributed by atoms with E-state index in [-0.39, 0.29) is 98.2 Å². The van der Waals surface area contributed by atoms with Crippen molar-refractivity contribution in [2.45, 2.75) is 0 Å². The monoisotopic (exact) mass is 421 g/mol. The van der Waals surface area contributed by atoms with Crippen LogP contribution in [-0.2, 0) is 50.3 Å². The van der Waals surface area contributed by atoms with Gasteiger partial charge in [-0.3, -0.25) is 0 Å². The predicted molar refractivity (Wildman–Crippen MR) is 17.1 cm³/mol. The third-order valence-electron chi connectivity index (χ3n) is 0. The fourth-order valence-electron chi connectivity index (χ4n) is 0. The zero-order valence-electron chi connectivity index (χ0n) is 2.41. The molecule has 0 N–H and O–H groups in total. The van der Waals surface area contributed by atoms with Crippen LogP contribution in [0.1, 0.15) is 0 Å². The topological polar surface area (TPSA) is 0 Å². The van der Waals surface area contributed by atoms with E-state index in [1.807, 2.05) is 0 Å². The van der Waals surface area contributed by atoms with Crippen molar-refractivity contribution in [3.8, 4) is 0 Å². The maximum absolute atomic E-state index is 0. The SMILES string of the molecule is [Co].[Co].[Co].[SnH2].[SnH2]. The van der Waals surface area contributed by atoms with Crippen molar-refractivity contribution in [3.05, 3.63) is 0 Å². The van der Waals surface area contributed by atoms with Gasteiger partial charge in [-0.15, -0.1) is 0 Å². The molecule has 0 spiro atoms. The van der Waals surface area contributed by atoms with Crippen molar-refractivity contribution in [2.24, 2.45) is 0 Å². The van der Waals surface area contributed by atoms with Crippen LogP contribution in [0.15, 0.2) is 0 Å². The summed E-state index contributed by atoms with van der Waals surface area (Å²) in [6.07, 6.45) is 0. The van der Waals surface area contributed by atoms with E-state index < -0.39 is 0 Å². The summed E-state index contributed by atoms with van der Waals surface area (Å²) in [5.41, 5.74) is 0. The first-order valence-electron chi connectivity index (χ1n) is 0. The molecule has 0 unspecified atom stereocenters. The van der Waals surface area contributed by atoms with Crippen LogP contribution in [0.3, 0.4) is 0 Å². The average molecular weight is 418 g/mol. The standard InChI is InChI=1S/3Co.2Sn.4H. The molecule has 0 aliphatic carbocycles. The zero-order valence-corrected chi connectivity index (χ0v) is 13.6. The summed E-state index contributed by atoms with van der Waals surface area (Å²) in [4.78, 5) is 0. The molecule has 0 nitrogen and oxygen atoms in total. The van der Waals surface area contributed by atoms with Crippen molar-refractivity contribution in [2.75, 3.05) is 0 Å². The minimum absolute atomic E-state index is 0. The van der Waals surface area contributed by atoms with E-state index in [0.717, 1.165) is 0 Å². The van der Waals surface area contributed by atoms with Crippen molar-refractivity contribution in [1.82, 2.24) is 0 Å². The molecule has 5 heavy (non-hydrogen) atoms. The van der Waals surface area contributed by atoms with Crippen LogP contribution in [0.25, 0.3) is 0 Å². The third-order valence-corrected chi connectivity index (χ3v) is 0. The Hall–Kier alpha value is 3.12. The van der Waals surface area contributed by atoms with Crippen molar-refractivity contribution < 1.29 is 50.3 Å². The number of hydrogen-bond donors (Lipinski definition) is 0. The van der Waals surface area contributed by atoms with E-state index in [2.05, 4.69) is 0 Å². The van der Waals surface area contributed by atoms with Crippen LogP contribution in [0, 0.1) is 0 Å². The fourth-order valence-corrected chi connectivity index (χ4v) is 0. The number of hydrogen-bond acceptors (Lipinski definition) is 0. The van der Waals surface area contributed by atoms with E-state index in [1.165, 1.54) is 0 Å². The molecule has 0 rings (SSSR count). The van der Waals surface area contributed by atoms with E-state index in [1.54, 1.807) is 0 Å². The average Bonchev–Trinajstić information content (AvgIpc) is 0. The van der Waals surface area contributed by atoms with Gasteiger partial charge in [-0.1, -0.05) is 0 Å². The molecule has 0 amide bonds. The molecule has 0 aromatic carbocycles. The van der Waals surface area contributed by atoms with Gasteiger partial charge in [-0.2, -0.15) is 0 Å². The summed E-state index contributed by atoms with van der Waals surface area (Å²) in [6, 6.07) is 0. The normalized spacial score (nSPS) is 0. The summed E-state index contributed by atoms with van der Waals surface area (Å²) in [7, 11) is 0. The Morgan fingerprint density at radius 3 is 0.400 bits per heavy atom. The molecule has 0 saturated heterocycles. The first-order valence-corrected chi connectivity index (χ1v) is 0. The molecular weight excluding hydrogens is 414 g/mol. The van der Waals surface area contributed by atoms with Gasteiger partial charge in [0.05, 0.1) is 0 Å². The van der Waals surface area contributed by atoms with Crippen LogP contribution in [0.2, 0.25) is 0 Å². The van der Waals surface area contributed by atoms with Crippen LogP contribution in [-0.4, -0.2) is 47.8 Å². The molecule has 0 aliphatic rings. The van der Waals surface area contributed by atoms with Crippen LogP contribution in [0.4, 0.5) is 0 Å². The van der Waals surface area contributed by atoms with Crippen molar-refractivity contribution in [3.63, 3.8) is 0 Å². The van der Waals surface area contributed by atoms with Gasteiger partial charge in [-0.05, 0) is 0 Å². The predicted octanol–water partition coefficient (Wildman–Crippen LogP) is -1.84. The summed E-state index contributed by atoms with van der Waals surface area (Å²) in [6.45, 7) is 0. The molecule has 0 aromatic heterocycles. The van der Waals surface area contributed by atoms with Gasteiger partial charge in [0.25, 0.3) is 0 Å². The molecule has 5 heteroatoms. The molecule has 0 saturated carbocycles. The van der Waals surface area contributed by atoms with Crippen molar-refractivity contribution in [1.29, 1.82) is 0 Å².